The van der Waals surface area contributed by atoms with Crippen molar-refractivity contribution in [2.24, 2.45) is 0 Å². The van der Waals surface area contributed by atoms with Gasteiger partial charge in [-0.1, -0.05) is 0 Å². The van der Waals surface area contributed by atoms with Crippen molar-refractivity contribution in [3.05, 3.63) is 29.6 Å². The lowest BCUT2D eigenvalue weighted by atomic mass is 10.1. The number of benzene rings is 1. The first-order chi connectivity index (χ1) is 8.96. The molecule has 0 heterocycles. The van der Waals surface area contributed by atoms with Gasteiger partial charge in [-0.2, -0.15) is 0 Å². The van der Waals surface area contributed by atoms with Crippen LogP contribution in [0.4, 0.5) is 10.1 Å². The highest BCUT2D eigenvalue weighted by molar-refractivity contribution is 7.92. The molecular formula is C12H14FNO5S. The fourth-order valence-corrected chi connectivity index (χ4v) is 1.60. The molecule has 8 heteroatoms. The summed E-state index contributed by atoms with van der Waals surface area (Å²) in [6.07, 6.45) is 0.917. The standard InChI is InChI=1S/C12H14FNO5S/c1-12(2,20(3,18)19)11(17)14-7-4-5-8(10(15)16)9(13)6-7/h4-6H,1-3H3,(H,14,17)(H,15,16). The van der Waals surface area contributed by atoms with Gasteiger partial charge in [0.2, 0.25) is 5.91 Å². The molecule has 0 atom stereocenters. The lowest BCUT2D eigenvalue weighted by Crippen LogP contribution is -2.43. The molecule has 0 unspecified atom stereocenters. The first kappa shape index (κ1) is 16.1. The largest absolute Gasteiger partial charge is 0.478 e. The third kappa shape index (κ3) is 3.13. The van der Waals surface area contributed by atoms with Crippen molar-refractivity contribution in [3.63, 3.8) is 0 Å². The van der Waals surface area contributed by atoms with E-state index in [2.05, 4.69) is 5.32 Å². The van der Waals surface area contributed by atoms with E-state index in [0.29, 0.717) is 0 Å². The molecule has 0 aliphatic heterocycles. The highest BCUT2D eigenvalue weighted by Crippen LogP contribution is 2.20. The summed E-state index contributed by atoms with van der Waals surface area (Å²) in [4.78, 5) is 22.5. The Bertz CT molecular complexity index is 666. The van der Waals surface area contributed by atoms with E-state index in [4.69, 9.17) is 5.11 Å². The van der Waals surface area contributed by atoms with Crippen molar-refractivity contribution in [3.8, 4) is 0 Å². The van der Waals surface area contributed by atoms with Gasteiger partial charge >= 0.3 is 5.97 Å². The summed E-state index contributed by atoms with van der Waals surface area (Å²) in [6, 6.07) is 2.99. The number of nitrogens with one attached hydrogen (secondary N) is 1. The summed E-state index contributed by atoms with van der Waals surface area (Å²) in [6.45, 7) is 2.44. The number of sulfone groups is 1. The lowest BCUT2D eigenvalue weighted by molar-refractivity contribution is -0.117. The molecule has 0 aromatic heterocycles. The second-order valence-corrected chi connectivity index (χ2v) is 7.30. The number of amides is 1. The van der Waals surface area contributed by atoms with E-state index in [1.54, 1.807) is 0 Å². The van der Waals surface area contributed by atoms with Gasteiger partial charge in [-0.05, 0) is 32.0 Å². The zero-order valence-electron chi connectivity index (χ0n) is 11.1. The normalized spacial score (nSPS) is 12.0. The Labute approximate surface area is 115 Å². The summed E-state index contributed by atoms with van der Waals surface area (Å²) < 4.78 is 34.7. The van der Waals surface area contributed by atoms with Crippen LogP contribution in [0.5, 0.6) is 0 Å². The zero-order chi connectivity index (χ0) is 15.7. The molecule has 1 amide bonds. The van der Waals surface area contributed by atoms with Crippen LogP contribution in [-0.4, -0.2) is 36.4 Å². The first-order valence-corrected chi connectivity index (χ1v) is 7.40. The molecule has 1 rings (SSSR count). The van der Waals surface area contributed by atoms with E-state index >= 15 is 0 Å². The van der Waals surface area contributed by atoms with Gasteiger partial charge < -0.3 is 10.4 Å². The predicted molar refractivity (Wildman–Crippen MR) is 70.9 cm³/mol. The van der Waals surface area contributed by atoms with Crippen molar-refractivity contribution in [1.82, 2.24) is 0 Å². The summed E-state index contributed by atoms with van der Waals surface area (Å²) in [7, 11) is -3.65. The van der Waals surface area contributed by atoms with E-state index in [1.807, 2.05) is 0 Å². The maximum Gasteiger partial charge on any atom is 0.338 e. The summed E-state index contributed by atoms with van der Waals surface area (Å²) in [5.74, 6) is -3.29. The van der Waals surface area contributed by atoms with Crippen LogP contribution < -0.4 is 5.32 Å². The number of halogens is 1. The molecule has 0 radical (unpaired) electrons. The highest BCUT2D eigenvalue weighted by atomic mass is 32.2. The summed E-state index contributed by atoms with van der Waals surface area (Å²) in [5.41, 5.74) is -0.556. The van der Waals surface area contributed by atoms with E-state index in [9.17, 15) is 22.4 Å². The van der Waals surface area contributed by atoms with E-state index in [-0.39, 0.29) is 5.69 Å². The van der Waals surface area contributed by atoms with Gasteiger partial charge in [-0.25, -0.2) is 17.6 Å². The molecule has 110 valence electrons. The molecule has 0 fully saturated rings. The Hall–Kier alpha value is -1.96. The van der Waals surface area contributed by atoms with Gasteiger partial charge in [0.15, 0.2) is 9.84 Å². The van der Waals surface area contributed by atoms with Crippen molar-refractivity contribution in [1.29, 1.82) is 0 Å². The fraction of sp³-hybridized carbons (Fsp3) is 0.333. The molecule has 0 spiro atoms. The molecule has 0 saturated carbocycles. The Morgan fingerprint density at radius 1 is 1.30 bits per heavy atom. The van der Waals surface area contributed by atoms with Crippen molar-refractivity contribution >= 4 is 27.4 Å². The van der Waals surface area contributed by atoms with Crippen LogP contribution in [0.25, 0.3) is 0 Å². The van der Waals surface area contributed by atoms with Crippen LogP contribution in [0.1, 0.15) is 24.2 Å². The number of carbonyl (C=O) groups is 2. The van der Waals surface area contributed by atoms with Gasteiger partial charge in [0.1, 0.15) is 10.6 Å². The Morgan fingerprint density at radius 3 is 2.25 bits per heavy atom. The monoisotopic (exact) mass is 303 g/mol. The lowest BCUT2D eigenvalue weighted by Gasteiger charge is -2.21. The zero-order valence-corrected chi connectivity index (χ0v) is 11.9. The third-order valence-corrected chi connectivity index (χ3v) is 4.97. The van der Waals surface area contributed by atoms with Crippen LogP contribution in [-0.2, 0) is 14.6 Å². The Morgan fingerprint density at radius 2 is 1.85 bits per heavy atom. The minimum atomic E-state index is -3.65. The number of rotatable bonds is 4. The number of hydrogen-bond donors (Lipinski definition) is 2. The number of hydrogen-bond acceptors (Lipinski definition) is 4. The van der Waals surface area contributed by atoms with E-state index in [0.717, 1.165) is 18.4 Å². The molecule has 0 saturated heterocycles. The first-order valence-electron chi connectivity index (χ1n) is 5.50. The smallest absolute Gasteiger partial charge is 0.338 e. The van der Waals surface area contributed by atoms with Gasteiger partial charge in [-0.3, -0.25) is 4.79 Å². The maximum absolute atomic E-state index is 13.4. The van der Waals surface area contributed by atoms with Gasteiger partial charge in [-0.15, -0.1) is 0 Å². The Balaban J connectivity index is 3.04. The molecule has 0 aliphatic carbocycles. The minimum Gasteiger partial charge on any atom is -0.478 e. The van der Waals surface area contributed by atoms with Crippen LogP contribution in [0, 0.1) is 5.82 Å². The van der Waals surface area contributed by atoms with Crippen LogP contribution in [0.2, 0.25) is 0 Å². The summed E-state index contributed by atoms with van der Waals surface area (Å²) >= 11 is 0. The molecule has 0 bridgehead atoms. The topological polar surface area (TPSA) is 101 Å². The minimum absolute atomic E-state index is 0.0192. The quantitative estimate of drug-likeness (QED) is 0.872. The number of carbonyl (C=O) groups excluding carboxylic acids is 1. The number of aromatic carboxylic acids is 1. The number of anilines is 1. The molecule has 1 aromatic rings. The summed E-state index contributed by atoms with van der Waals surface area (Å²) in [5, 5.41) is 10.9. The van der Waals surface area contributed by atoms with Crippen molar-refractivity contribution < 1.29 is 27.5 Å². The van der Waals surface area contributed by atoms with E-state index < -0.39 is 37.8 Å². The Kier molecular flexibility index (Phi) is 4.18. The van der Waals surface area contributed by atoms with Gasteiger partial charge in [0.25, 0.3) is 0 Å². The SMILES string of the molecule is CC(C)(C(=O)Nc1ccc(C(=O)O)c(F)c1)S(C)(=O)=O. The maximum atomic E-state index is 13.4. The van der Waals surface area contributed by atoms with Gasteiger partial charge in [0, 0.05) is 11.9 Å². The number of carboxylic acid groups (broad SMARTS) is 1. The average Bonchev–Trinajstić information content (AvgIpc) is 2.26. The highest BCUT2D eigenvalue weighted by Gasteiger charge is 2.38. The second kappa shape index (κ2) is 5.20. The van der Waals surface area contributed by atoms with Crippen LogP contribution >= 0.6 is 0 Å². The molecule has 20 heavy (non-hydrogen) atoms. The van der Waals surface area contributed by atoms with Crippen molar-refractivity contribution in [2.45, 2.75) is 18.6 Å². The second-order valence-electron chi connectivity index (χ2n) is 4.74. The number of carboxylic acids is 1. The van der Waals surface area contributed by atoms with E-state index in [1.165, 1.54) is 19.9 Å². The fourth-order valence-electron chi connectivity index (χ4n) is 1.22. The molecular weight excluding hydrogens is 289 g/mol. The van der Waals surface area contributed by atoms with Crippen molar-refractivity contribution in [2.75, 3.05) is 11.6 Å². The molecule has 6 nitrogen and oxygen atoms in total. The third-order valence-electron chi connectivity index (χ3n) is 2.93. The van der Waals surface area contributed by atoms with Crippen LogP contribution in [0.15, 0.2) is 18.2 Å². The van der Waals surface area contributed by atoms with Crippen LogP contribution in [0.3, 0.4) is 0 Å². The predicted octanol–water partition coefficient (Wildman–Crippen LogP) is 1.29. The molecule has 2 N–H and O–H groups in total. The molecule has 1 aromatic carbocycles. The average molecular weight is 303 g/mol. The molecule has 0 aliphatic rings. The van der Waals surface area contributed by atoms with Gasteiger partial charge in [0.05, 0.1) is 5.56 Å².